The molecule has 0 spiro atoms. The first-order valence-corrected chi connectivity index (χ1v) is 12.7. The topological polar surface area (TPSA) is 98.2 Å². The summed E-state index contributed by atoms with van der Waals surface area (Å²) < 4.78 is 17.0. The van der Waals surface area contributed by atoms with E-state index in [4.69, 9.17) is 14.2 Å². The van der Waals surface area contributed by atoms with Crippen LogP contribution in [-0.2, 0) is 16.1 Å². The number of hydrogen-bond acceptors (Lipinski definition) is 7. The summed E-state index contributed by atoms with van der Waals surface area (Å²) in [6.07, 6.45) is 5.17. The molecule has 1 saturated heterocycles. The summed E-state index contributed by atoms with van der Waals surface area (Å²) in [4.78, 5) is 32.2. The van der Waals surface area contributed by atoms with E-state index in [0.717, 1.165) is 18.4 Å². The van der Waals surface area contributed by atoms with Crippen molar-refractivity contribution in [2.75, 3.05) is 20.3 Å². The minimum Gasteiger partial charge on any atom is -0.507 e. The van der Waals surface area contributed by atoms with Gasteiger partial charge in [0.15, 0.2) is 11.5 Å². The lowest BCUT2D eigenvalue weighted by molar-refractivity contribution is -0.140. The lowest BCUT2D eigenvalue weighted by Crippen LogP contribution is -2.29. The van der Waals surface area contributed by atoms with Gasteiger partial charge in [-0.25, -0.2) is 0 Å². The Morgan fingerprint density at radius 1 is 0.974 bits per heavy atom. The third kappa shape index (κ3) is 5.64. The zero-order valence-electron chi connectivity index (χ0n) is 21.8. The summed E-state index contributed by atoms with van der Waals surface area (Å²) in [7, 11) is 1.55. The molecule has 1 unspecified atom stereocenters. The molecule has 1 N–H and O–H groups in total. The highest BCUT2D eigenvalue weighted by atomic mass is 16.5. The van der Waals surface area contributed by atoms with Gasteiger partial charge in [-0.05, 0) is 73.0 Å². The minimum absolute atomic E-state index is 0.0105. The van der Waals surface area contributed by atoms with Crippen LogP contribution in [0, 0.1) is 0 Å². The van der Waals surface area contributed by atoms with Gasteiger partial charge in [-0.2, -0.15) is 0 Å². The van der Waals surface area contributed by atoms with Gasteiger partial charge in [0.1, 0.15) is 11.5 Å². The smallest absolute Gasteiger partial charge is 0.295 e. The van der Waals surface area contributed by atoms with Crippen molar-refractivity contribution in [1.29, 1.82) is 0 Å². The van der Waals surface area contributed by atoms with Crippen molar-refractivity contribution in [2.24, 2.45) is 0 Å². The number of likely N-dealkylation sites (tertiary alicyclic amines) is 1. The zero-order valence-corrected chi connectivity index (χ0v) is 21.8. The van der Waals surface area contributed by atoms with Crippen molar-refractivity contribution in [3.8, 4) is 17.2 Å². The fourth-order valence-corrected chi connectivity index (χ4v) is 4.39. The van der Waals surface area contributed by atoms with Crippen LogP contribution in [0.4, 0.5) is 0 Å². The van der Waals surface area contributed by atoms with Crippen LogP contribution < -0.4 is 14.2 Å². The van der Waals surface area contributed by atoms with Crippen LogP contribution >= 0.6 is 0 Å². The molecule has 1 aliphatic heterocycles. The van der Waals surface area contributed by atoms with Gasteiger partial charge in [-0.15, -0.1) is 0 Å². The second-order valence-electron chi connectivity index (χ2n) is 8.85. The van der Waals surface area contributed by atoms with E-state index in [1.54, 1.807) is 74.1 Å². The molecule has 0 bridgehead atoms. The van der Waals surface area contributed by atoms with E-state index < -0.39 is 17.7 Å². The highest BCUT2D eigenvalue weighted by Gasteiger charge is 2.46. The molecular formula is C30H32N2O6. The molecule has 8 nitrogen and oxygen atoms in total. The predicted molar refractivity (Wildman–Crippen MR) is 143 cm³/mol. The predicted octanol–water partition coefficient (Wildman–Crippen LogP) is 5.29. The summed E-state index contributed by atoms with van der Waals surface area (Å²) in [5.74, 6) is 0.0118. The Hall–Kier alpha value is -4.33. The van der Waals surface area contributed by atoms with Gasteiger partial charge in [0.05, 0.1) is 31.9 Å². The van der Waals surface area contributed by atoms with Crippen molar-refractivity contribution in [2.45, 2.75) is 39.3 Å². The molecule has 3 aromatic rings. The maximum atomic E-state index is 13.4. The van der Waals surface area contributed by atoms with Crippen LogP contribution in [0.1, 0.15) is 49.4 Å². The number of Topliss-reactive ketones (excluding diaryl/α,β-unsaturated/α-hetero) is 1. The molecule has 0 aliphatic carbocycles. The third-order valence-corrected chi connectivity index (χ3v) is 6.34. The summed E-state index contributed by atoms with van der Waals surface area (Å²) in [5, 5.41) is 11.3. The largest absolute Gasteiger partial charge is 0.507 e. The normalized spacial score (nSPS) is 16.5. The molecule has 1 fully saturated rings. The number of benzene rings is 2. The second kappa shape index (κ2) is 12.3. The second-order valence-corrected chi connectivity index (χ2v) is 8.85. The molecule has 2 heterocycles. The summed E-state index contributed by atoms with van der Waals surface area (Å²) >= 11 is 0. The fourth-order valence-electron chi connectivity index (χ4n) is 4.39. The third-order valence-electron chi connectivity index (χ3n) is 6.34. The molecule has 1 atom stereocenters. The van der Waals surface area contributed by atoms with Gasteiger partial charge in [-0.1, -0.05) is 19.4 Å². The Morgan fingerprint density at radius 2 is 1.71 bits per heavy atom. The molecule has 1 amide bonds. The molecule has 38 heavy (non-hydrogen) atoms. The molecule has 198 valence electrons. The standard InChI is InChI=1S/C30H32N2O6/c1-4-6-17-38-24-12-9-22(18-25(24)37-5-2)27-26(28(33)21-7-10-23(36-3)11-8-21)29(34)30(35)32(27)19-20-13-15-31-16-14-20/h7-16,18,27,33H,4-6,17,19H2,1-3H3. The van der Waals surface area contributed by atoms with Crippen molar-refractivity contribution >= 4 is 17.4 Å². The van der Waals surface area contributed by atoms with E-state index in [0.29, 0.717) is 41.6 Å². The van der Waals surface area contributed by atoms with Crippen molar-refractivity contribution in [3.63, 3.8) is 0 Å². The SMILES string of the molecule is CCCCOc1ccc(C2C(=C(O)c3ccc(OC)cc3)C(=O)C(=O)N2Cc2ccncc2)cc1OCC. The Balaban J connectivity index is 1.83. The lowest BCUT2D eigenvalue weighted by Gasteiger charge is -2.26. The molecule has 0 radical (unpaired) electrons. The number of nitrogens with zero attached hydrogens (tertiary/aromatic N) is 2. The highest BCUT2D eigenvalue weighted by molar-refractivity contribution is 6.46. The maximum Gasteiger partial charge on any atom is 0.295 e. The van der Waals surface area contributed by atoms with E-state index in [1.807, 2.05) is 6.92 Å². The van der Waals surface area contributed by atoms with Crippen LogP contribution in [0.5, 0.6) is 17.2 Å². The van der Waals surface area contributed by atoms with Crippen LogP contribution in [0.15, 0.2) is 72.6 Å². The lowest BCUT2D eigenvalue weighted by atomic mass is 9.94. The summed E-state index contributed by atoms with van der Waals surface area (Å²) in [6.45, 7) is 5.09. The number of pyridine rings is 1. The number of carbonyl (C=O) groups excluding carboxylic acids is 2. The Morgan fingerprint density at radius 3 is 2.37 bits per heavy atom. The summed E-state index contributed by atoms with van der Waals surface area (Å²) in [6, 6.07) is 14.8. The van der Waals surface area contributed by atoms with Crippen LogP contribution in [0.25, 0.3) is 5.76 Å². The molecule has 1 aliphatic rings. The number of aliphatic hydroxyl groups excluding tert-OH is 1. The number of rotatable bonds is 11. The van der Waals surface area contributed by atoms with Gasteiger partial charge >= 0.3 is 0 Å². The number of unbranched alkanes of at least 4 members (excludes halogenated alkanes) is 1. The number of ether oxygens (including phenoxy) is 3. The van der Waals surface area contributed by atoms with Gasteiger partial charge in [0.25, 0.3) is 11.7 Å². The summed E-state index contributed by atoms with van der Waals surface area (Å²) in [5.41, 5.74) is 1.85. The number of ketones is 1. The molecular weight excluding hydrogens is 484 g/mol. The molecule has 2 aromatic carbocycles. The van der Waals surface area contributed by atoms with E-state index in [-0.39, 0.29) is 17.9 Å². The van der Waals surface area contributed by atoms with Gasteiger partial charge in [0.2, 0.25) is 0 Å². The number of hydrogen-bond donors (Lipinski definition) is 1. The number of methoxy groups -OCH3 is 1. The Bertz CT molecular complexity index is 1300. The number of carbonyl (C=O) groups is 2. The first kappa shape index (κ1) is 26.7. The molecule has 4 rings (SSSR count). The minimum atomic E-state index is -0.839. The van der Waals surface area contributed by atoms with Crippen molar-refractivity contribution < 1.29 is 28.9 Å². The van der Waals surface area contributed by atoms with Crippen LogP contribution in [0.3, 0.4) is 0 Å². The van der Waals surface area contributed by atoms with Crippen molar-refractivity contribution in [3.05, 3.63) is 89.3 Å². The van der Waals surface area contributed by atoms with Crippen LogP contribution in [-0.4, -0.2) is 47.0 Å². The van der Waals surface area contributed by atoms with E-state index in [9.17, 15) is 14.7 Å². The van der Waals surface area contributed by atoms with Crippen LogP contribution in [0.2, 0.25) is 0 Å². The average Bonchev–Trinajstić information content (AvgIpc) is 3.19. The van der Waals surface area contributed by atoms with Gasteiger partial charge in [-0.3, -0.25) is 14.6 Å². The number of aliphatic hydroxyl groups is 1. The first-order valence-electron chi connectivity index (χ1n) is 12.7. The Labute approximate surface area is 222 Å². The monoisotopic (exact) mass is 516 g/mol. The van der Waals surface area contributed by atoms with Crippen molar-refractivity contribution in [1.82, 2.24) is 9.88 Å². The highest BCUT2D eigenvalue weighted by Crippen LogP contribution is 2.43. The number of amides is 1. The van der Waals surface area contributed by atoms with E-state index in [2.05, 4.69) is 11.9 Å². The number of aromatic nitrogens is 1. The van der Waals surface area contributed by atoms with E-state index >= 15 is 0 Å². The zero-order chi connectivity index (χ0) is 27.1. The molecule has 0 saturated carbocycles. The first-order chi connectivity index (χ1) is 18.5. The molecule has 1 aromatic heterocycles. The van der Waals surface area contributed by atoms with Gasteiger partial charge in [0, 0.05) is 24.5 Å². The molecule has 8 heteroatoms. The maximum absolute atomic E-state index is 13.4. The van der Waals surface area contributed by atoms with E-state index in [1.165, 1.54) is 4.90 Å². The van der Waals surface area contributed by atoms with Gasteiger partial charge < -0.3 is 24.2 Å². The average molecular weight is 517 g/mol. The Kier molecular flexibility index (Phi) is 8.63. The fraction of sp³-hybridized carbons (Fsp3) is 0.300. The quantitative estimate of drug-likeness (QED) is 0.160.